The zero-order chi connectivity index (χ0) is 11.0. The molecule has 0 saturated heterocycles. The largest absolute Gasteiger partial charge is 0.340 e. The Morgan fingerprint density at radius 2 is 2.19 bits per heavy atom. The van der Waals surface area contributed by atoms with E-state index in [1.54, 1.807) is 11.3 Å². The minimum atomic E-state index is -0.214. The van der Waals surface area contributed by atoms with Crippen LogP contribution in [-0.2, 0) is 5.54 Å². The molecule has 2 aromatic rings. The zero-order valence-electron chi connectivity index (χ0n) is 9.07. The van der Waals surface area contributed by atoms with E-state index in [1.165, 1.54) is 18.4 Å². The summed E-state index contributed by atoms with van der Waals surface area (Å²) in [4.78, 5) is 7.82. The van der Waals surface area contributed by atoms with Gasteiger partial charge in [-0.3, -0.25) is 0 Å². The van der Waals surface area contributed by atoms with Crippen LogP contribution in [0.1, 0.15) is 31.5 Å². The lowest BCUT2D eigenvalue weighted by Crippen LogP contribution is -2.34. The molecule has 1 saturated carbocycles. The Morgan fingerprint density at radius 3 is 2.88 bits per heavy atom. The van der Waals surface area contributed by atoms with Crippen LogP contribution in [0.2, 0.25) is 0 Å². The molecule has 4 heteroatoms. The standard InChI is InChI=1S/C12H15N3S/c13-12(4-1-2-5-12)11-14-7-10(15-11)9-3-6-16-8-9/h3,6-8H,1-2,4-5,13H2,(H,14,15). The number of rotatable bonds is 2. The molecule has 3 nitrogen and oxygen atoms in total. The van der Waals surface area contributed by atoms with E-state index in [4.69, 9.17) is 5.73 Å². The molecule has 2 aromatic heterocycles. The second-order valence-corrected chi connectivity index (χ2v) is 5.30. The molecular formula is C12H15N3S. The van der Waals surface area contributed by atoms with Crippen LogP contribution in [0.5, 0.6) is 0 Å². The lowest BCUT2D eigenvalue weighted by Gasteiger charge is -2.20. The molecule has 0 bridgehead atoms. The maximum atomic E-state index is 6.36. The van der Waals surface area contributed by atoms with Crippen LogP contribution < -0.4 is 5.73 Å². The molecule has 3 N–H and O–H groups in total. The highest BCUT2D eigenvalue weighted by Crippen LogP contribution is 2.35. The van der Waals surface area contributed by atoms with E-state index in [9.17, 15) is 0 Å². The van der Waals surface area contributed by atoms with Gasteiger partial charge in [0.15, 0.2) is 0 Å². The SMILES string of the molecule is NC1(c2ncc(-c3ccsc3)[nH]2)CCCC1. The van der Waals surface area contributed by atoms with E-state index in [0.29, 0.717) is 0 Å². The lowest BCUT2D eigenvalue weighted by molar-refractivity contribution is 0.436. The van der Waals surface area contributed by atoms with E-state index < -0.39 is 0 Å². The van der Waals surface area contributed by atoms with Crippen LogP contribution in [0, 0.1) is 0 Å². The number of nitrogens with zero attached hydrogens (tertiary/aromatic N) is 1. The van der Waals surface area contributed by atoms with Gasteiger partial charge in [-0.05, 0) is 24.3 Å². The number of thiophene rings is 1. The maximum absolute atomic E-state index is 6.36. The fourth-order valence-corrected chi connectivity index (χ4v) is 3.04. The summed E-state index contributed by atoms with van der Waals surface area (Å²) in [7, 11) is 0. The van der Waals surface area contributed by atoms with E-state index in [2.05, 4.69) is 26.8 Å². The Bertz CT molecular complexity index is 466. The topological polar surface area (TPSA) is 54.7 Å². The Hall–Kier alpha value is -1.13. The molecule has 1 aliphatic rings. The summed E-state index contributed by atoms with van der Waals surface area (Å²) in [6, 6.07) is 2.10. The van der Waals surface area contributed by atoms with Gasteiger partial charge >= 0.3 is 0 Å². The number of H-pyrrole nitrogens is 1. The van der Waals surface area contributed by atoms with Gasteiger partial charge in [0.05, 0.1) is 17.4 Å². The first-order chi connectivity index (χ1) is 7.78. The van der Waals surface area contributed by atoms with Crippen molar-refractivity contribution in [3.8, 4) is 11.3 Å². The number of hydrogen-bond acceptors (Lipinski definition) is 3. The predicted molar refractivity (Wildman–Crippen MR) is 66.2 cm³/mol. The minimum absolute atomic E-state index is 0.214. The van der Waals surface area contributed by atoms with Crippen molar-refractivity contribution >= 4 is 11.3 Å². The number of imidazole rings is 1. The van der Waals surface area contributed by atoms with Gasteiger partial charge in [-0.15, -0.1) is 0 Å². The van der Waals surface area contributed by atoms with Crippen LogP contribution in [-0.4, -0.2) is 9.97 Å². The summed E-state index contributed by atoms with van der Waals surface area (Å²) in [5.74, 6) is 0.950. The molecule has 3 rings (SSSR count). The highest BCUT2D eigenvalue weighted by molar-refractivity contribution is 7.08. The van der Waals surface area contributed by atoms with Gasteiger partial charge in [-0.2, -0.15) is 11.3 Å². The van der Waals surface area contributed by atoms with Gasteiger partial charge in [-0.25, -0.2) is 4.98 Å². The third-order valence-electron chi connectivity index (χ3n) is 3.38. The molecule has 0 spiro atoms. The van der Waals surface area contributed by atoms with Gasteiger partial charge in [0, 0.05) is 10.9 Å². The molecule has 2 heterocycles. The Labute approximate surface area is 98.7 Å². The smallest absolute Gasteiger partial charge is 0.126 e. The van der Waals surface area contributed by atoms with Crippen molar-refractivity contribution in [2.24, 2.45) is 5.73 Å². The Kier molecular flexibility index (Phi) is 2.33. The van der Waals surface area contributed by atoms with Gasteiger partial charge in [-0.1, -0.05) is 12.8 Å². The number of hydrogen-bond donors (Lipinski definition) is 2. The van der Waals surface area contributed by atoms with Crippen molar-refractivity contribution in [3.63, 3.8) is 0 Å². The van der Waals surface area contributed by atoms with Crippen molar-refractivity contribution in [1.29, 1.82) is 0 Å². The van der Waals surface area contributed by atoms with E-state index in [-0.39, 0.29) is 5.54 Å². The fourth-order valence-electron chi connectivity index (χ4n) is 2.38. The van der Waals surface area contributed by atoms with Crippen LogP contribution in [0.4, 0.5) is 0 Å². The quantitative estimate of drug-likeness (QED) is 0.838. The maximum Gasteiger partial charge on any atom is 0.126 e. The predicted octanol–water partition coefficient (Wildman–Crippen LogP) is 2.87. The molecular weight excluding hydrogens is 218 g/mol. The Morgan fingerprint density at radius 1 is 1.38 bits per heavy atom. The third kappa shape index (κ3) is 1.58. The van der Waals surface area contributed by atoms with Crippen molar-refractivity contribution in [2.45, 2.75) is 31.2 Å². The fraction of sp³-hybridized carbons (Fsp3) is 0.417. The second kappa shape index (κ2) is 3.71. The number of aromatic nitrogens is 2. The monoisotopic (exact) mass is 233 g/mol. The van der Waals surface area contributed by atoms with E-state index >= 15 is 0 Å². The molecule has 0 radical (unpaired) electrons. The summed E-state index contributed by atoms with van der Waals surface area (Å²) in [6.45, 7) is 0. The molecule has 0 atom stereocenters. The first-order valence-electron chi connectivity index (χ1n) is 5.65. The second-order valence-electron chi connectivity index (χ2n) is 4.52. The van der Waals surface area contributed by atoms with E-state index in [1.807, 2.05) is 6.20 Å². The third-order valence-corrected chi connectivity index (χ3v) is 4.06. The summed E-state index contributed by atoms with van der Waals surface area (Å²) in [6.07, 6.45) is 6.41. The minimum Gasteiger partial charge on any atom is -0.340 e. The summed E-state index contributed by atoms with van der Waals surface area (Å²) in [5.41, 5.74) is 8.42. The van der Waals surface area contributed by atoms with E-state index in [0.717, 1.165) is 24.4 Å². The molecule has 0 amide bonds. The van der Waals surface area contributed by atoms with Crippen LogP contribution in [0.3, 0.4) is 0 Å². The summed E-state index contributed by atoms with van der Waals surface area (Å²) < 4.78 is 0. The van der Waals surface area contributed by atoms with Gasteiger partial charge in [0.25, 0.3) is 0 Å². The van der Waals surface area contributed by atoms with Crippen molar-refractivity contribution < 1.29 is 0 Å². The highest BCUT2D eigenvalue weighted by atomic mass is 32.1. The number of aromatic amines is 1. The Balaban J connectivity index is 1.93. The number of nitrogens with two attached hydrogens (primary N) is 1. The van der Waals surface area contributed by atoms with Crippen LogP contribution in [0.15, 0.2) is 23.0 Å². The van der Waals surface area contributed by atoms with Crippen LogP contribution in [0.25, 0.3) is 11.3 Å². The molecule has 16 heavy (non-hydrogen) atoms. The summed E-state index contributed by atoms with van der Waals surface area (Å²) >= 11 is 1.70. The first kappa shape index (κ1) is 10.1. The zero-order valence-corrected chi connectivity index (χ0v) is 9.89. The van der Waals surface area contributed by atoms with Gasteiger partial charge in [0.1, 0.15) is 5.82 Å². The average Bonchev–Trinajstić information content (AvgIpc) is 2.98. The van der Waals surface area contributed by atoms with Crippen molar-refractivity contribution in [2.75, 3.05) is 0 Å². The average molecular weight is 233 g/mol. The van der Waals surface area contributed by atoms with Crippen molar-refractivity contribution in [3.05, 3.63) is 28.8 Å². The first-order valence-corrected chi connectivity index (χ1v) is 6.59. The van der Waals surface area contributed by atoms with Crippen LogP contribution >= 0.6 is 11.3 Å². The molecule has 1 aliphatic carbocycles. The number of nitrogens with one attached hydrogen (secondary N) is 1. The van der Waals surface area contributed by atoms with Gasteiger partial charge in [0.2, 0.25) is 0 Å². The lowest BCUT2D eigenvalue weighted by atomic mass is 9.99. The molecule has 84 valence electrons. The van der Waals surface area contributed by atoms with Crippen molar-refractivity contribution in [1.82, 2.24) is 9.97 Å². The summed E-state index contributed by atoms with van der Waals surface area (Å²) in [5, 5.41) is 4.19. The molecule has 0 aromatic carbocycles. The molecule has 0 aliphatic heterocycles. The molecule has 0 unspecified atom stereocenters. The highest BCUT2D eigenvalue weighted by Gasteiger charge is 2.33. The normalized spacial score (nSPS) is 19.1. The van der Waals surface area contributed by atoms with Gasteiger partial charge < -0.3 is 10.7 Å². The molecule has 1 fully saturated rings.